The lowest BCUT2D eigenvalue weighted by Gasteiger charge is -2.09. The zero-order chi connectivity index (χ0) is 14.5. The van der Waals surface area contributed by atoms with Gasteiger partial charge in [-0.25, -0.2) is 4.98 Å². The van der Waals surface area contributed by atoms with Crippen molar-refractivity contribution in [3.05, 3.63) is 46.9 Å². The third kappa shape index (κ3) is 3.24. The SMILES string of the molecule is CCNc1ncc(C(=O)Nc2cnccc2C)cc1Cl. The van der Waals surface area contributed by atoms with Crippen LogP contribution in [0.4, 0.5) is 11.5 Å². The summed E-state index contributed by atoms with van der Waals surface area (Å²) >= 11 is 6.07. The van der Waals surface area contributed by atoms with E-state index < -0.39 is 0 Å². The zero-order valence-corrected chi connectivity index (χ0v) is 12.0. The summed E-state index contributed by atoms with van der Waals surface area (Å²) in [6.45, 7) is 4.56. The standard InChI is InChI=1S/C14H15ClN4O/c1-3-17-13-11(15)6-10(7-18-13)14(20)19-12-8-16-5-4-9(12)2/h4-8H,3H2,1-2H3,(H,17,18)(H,19,20). The van der Waals surface area contributed by atoms with Gasteiger partial charge < -0.3 is 10.6 Å². The van der Waals surface area contributed by atoms with E-state index in [2.05, 4.69) is 20.6 Å². The highest BCUT2D eigenvalue weighted by atomic mass is 35.5. The van der Waals surface area contributed by atoms with Gasteiger partial charge in [-0.3, -0.25) is 9.78 Å². The van der Waals surface area contributed by atoms with Crippen molar-refractivity contribution in [2.24, 2.45) is 0 Å². The molecule has 1 amide bonds. The maximum atomic E-state index is 12.1. The molecule has 0 saturated carbocycles. The fraction of sp³-hybridized carbons (Fsp3) is 0.214. The van der Waals surface area contributed by atoms with Crippen LogP contribution in [0, 0.1) is 6.92 Å². The van der Waals surface area contributed by atoms with Crippen molar-refractivity contribution in [2.45, 2.75) is 13.8 Å². The number of anilines is 2. The molecule has 0 saturated heterocycles. The van der Waals surface area contributed by atoms with Gasteiger partial charge in [0.05, 0.1) is 22.5 Å². The number of amides is 1. The average Bonchev–Trinajstić information content (AvgIpc) is 2.43. The third-order valence-electron chi connectivity index (χ3n) is 2.73. The third-order valence-corrected chi connectivity index (χ3v) is 3.02. The second kappa shape index (κ2) is 6.34. The number of nitrogens with one attached hydrogen (secondary N) is 2. The number of halogens is 1. The summed E-state index contributed by atoms with van der Waals surface area (Å²) < 4.78 is 0. The van der Waals surface area contributed by atoms with Gasteiger partial charge in [0.1, 0.15) is 5.82 Å². The van der Waals surface area contributed by atoms with E-state index in [9.17, 15) is 4.79 Å². The summed E-state index contributed by atoms with van der Waals surface area (Å²) in [5, 5.41) is 6.22. The van der Waals surface area contributed by atoms with Gasteiger partial charge in [-0.2, -0.15) is 0 Å². The molecule has 0 spiro atoms. The molecule has 2 aromatic heterocycles. The van der Waals surface area contributed by atoms with Crippen LogP contribution < -0.4 is 10.6 Å². The van der Waals surface area contributed by atoms with E-state index in [-0.39, 0.29) is 5.91 Å². The molecular weight excluding hydrogens is 276 g/mol. The Morgan fingerprint density at radius 3 is 2.85 bits per heavy atom. The minimum Gasteiger partial charge on any atom is -0.369 e. The number of pyridine rings is 2. The predicted molar refractivity (Wildman–Crippen MR) is 80.3 cm³/mol. The number of aromatic nitrogens is 2. The first-order valence-corrected chi connectivity index (χ1v) is 6.61. The Morgan fingerprint density at radius 2 is 2.20 bits per heavy atom. The smallest absolute Gasteiger partial charge is 0.257 e. The number of hydrogen-bond donors (Lipinski definition) is 2. The molecule has 2 aromatic rings. The zero-order valence-electron chi connectivity index (χ0n) is 11.3. The number of carbonyl (C=O) groups excluding carboxylic acids is 1. The molecule has 20 heavy (non-hydrogen) atoms. The van der Waals surface area contributed by atoms with Gasteiger partial charge in [0, 0.05) is 18.9 Å². The summed E-state index contributed by atoms with van der Waals surface area (Å²) in [6.07, 6.45) is 4.77. The number of aryl methyl sites for hydroxylation is 1. The Hall–Kier alpha value is -2.14. The van der Waals surface area contributed by atoms with Crippen molar-refractivity contribution < 1.29 is 4.79 Å². The molecule has 104 valence electrons. The molecule has 0 radical (unpaired) electrons. The molecule has 0 unspecified atom stereocenters. The molecule has 0 fully saturated rings. The topological polar surface area (TPSA) is 66.9 Å². The molecule has 0 atom stereocenters. The van der Waals surface area contributed by atoms with Crippen LogP contribution in [0.15, 0.2) is 30.7 Å². The molecule has 0 aliphatic rings. The maximum absolute atomic E-state index is 12.1. The van der Waals surface area contributed by atoms with E-state index in [1.54, 1.807) is 18.5 Å². The highest BCUT2D eigenvalue weighted by Crippen LogP contribution is 2.21. The predicted octanol–water partition coefficient (Wildman–Crippen LogP) is 3.12. The molecule has 0 bridgehead atoms. The number of hydrogen-bond acceptors (Lipinski definition) is 4. The van der Waals surface area contributed by atoms with Crippen molar-refractivity contribution >= 4 is 29.0 Å². The van der Waals surface area contributed by atoms with Gasteiger partial charge in [-0.15, -0.1) is 0 Å². The van der Waals surface area contributed by atoms with Crippen molar-refractivity contribution in [3.63, 3.8) is 0 Å². The lowest BCUT2D eigenvalue weighted by molar-refractivity contribution is 0.102. The molecule has 0 aliphatic heterocycles. The second-order valence-corrected chi connectivity index (χ2v) is 4.64. The number of carbonyl (C=O) groups is 1. The molecule has 2 rings (SSSR count). The average molecular weight is 291 g/mol. The van der Waals surface area contributed by atoms with E-state index in [0.29, 0.717) is 28.6 Å². The van der Waals surface area contributed by atoms with Crippen LogP contribution in [0.2, 0.25) is 5.02 Å². The van der Waals surface area contributed by atoms with Crippen LogP contribution in [-0.4, -0.2) is 22.4 Å². The lowest BCUT2D eigenvalue weighted by Crippen LogP contribution is -2.14. The van der Waals surface area contributed by atoms with Gasteiger partial charge in [0.25, 0.3) is 5.91 Å². The monoisotopic (exact) mass is 290 g/mol. The van der Waals surface area contributed by atoms with Crippen molar-refractivity contribution in [1.82, 2.24) is 9.97 Å². The van der Waals surface area contributed by atoms with Gasteiger partial charge in [0.2, 0.25) is 0 Å². The van der Waals surface area contributed by atoms with E-state index in [0.717, 1.165) is 5.56 Å². The van der Waals surface area contributed by atoms with Gasteiger partial charge in [-0.1, -0.05) is 11.6 Å². The van der Waals surface area contributed by atoms with Crippen LogP contribution in [0.25, 0.3) is 0 Å². The molecule has 6 heteroatoms. The molecule has 0 aromatic carbocycles. The summed E-state index contributed by atoms with van der Waals surface area (Å²) in [4.78, 5) is 20.2. The summed E-state index contributed by atoms with van der Waals surface area (Å²) in [7, 11) is 0. The summed E-state index contributed by atoms with van der Waals surface area (Å²) in [6, 6.07) is 3.42. The molecular formula is C14H15ClN4O. The Balaban J connectivity index is 2.18. The first-order chi connectivity index (χ1) is 9.61. The van der Waals surface area contributed by atoms with Gasteiger partial charge >= 0.3 is 0 Å². The van der Waals surface area contributed by atoms with Gasteiger partial charge in [0.15, 0.2) is 0 Å². The fourth-order valence-corrected chi connectivity index (χ4v) is 1.88. The molecule has 0 aliphatic carbocycles. The van der Waals surface area contributed by atoms with Gasteiger partial charge in [-0.05, 0) is 31.5 Å². The quantitative estimate of drug-likeness (QED) is 0.908. The van der Waals surface area contributed by atoms with Crippen molar-refractivity contribution in [3.8, 4) is 0 Å². The normalized spacial score (nSPS) is 10.2. The Kier molecular flexibility index (Phi) is 4.53. The van der Waals surface area contributed by atoms with E-state index in [1.807, 2.05) is 19.9 Å². The molecule has 2 N–H and O–H groups in total. The highest BCUT2D eigenvalue weighted by Gasteiger charge is 2.11. The minimum atomic E-state index is -0.265. The lowest BCUT2D eigenvalue weighted by atomic mass is 10.2. The Labute approximate surface area is 122 Å². The van der Waals surface area contributed by atoms with Crippen LogP contribution in [0.1, 0.15) is 22.8 Å². The van der Waals surface area contributed by atoms with E-state index >= 15 is 0 Å². The largest absolute Gasteiger partial charge is 0.369 e. The molecule has 2 heterocycles. The van der Waals surface area contributed by atoms with Crippen LogP contribution >= 0.6 is 11.6 Å². The highest BCUT2D eigenvalue weighted by molar-refractivity contribution is 6.33. The Morgan fingerprint density at radius 1 is 1.40 bits per heavy atom. The first-order valence-electron chi connectivity index (χ1n) is 6.23. The second-order valence-electron chi connectivity index (χ2n) is 4.23. The number of nitrogens with zero attached hydrogens (tertiary/aromatic N) is 2. The van der Waals surface area contributed by atoms with Crippen molar-refractivity contribution in [1.29, 1.82) is 0 Å². The van der Waals surface area contributed by atoms with Crippen molar-refractivity contribution in [2.75, 3.05) is 17.2 Å². The Bertz CT molecular complexity index is 630. The summed E-state index contributed by atoms with van der Waals surface area (Å²) in [5.41, 5.74) is 2.01. The number of rotatable bonds is 4. The van der Waals surface area contributed by atoms with E-state index in [4.69, 9.17) is 11.6 Å². The fourth-order valence-electron chi connectivity index (χ4n) is 1.65. The first kappa shape index (κ1) is 14.3. The maximum Gasteiger partial charge on any atom is 0.257 e. The van der Waals surface area contributed by atoms with Crippen LogP contribution in [-0.2, 0) is 0 Å². The van der Waals surface area contributed by atoms with Crippen LogP contribution in [0.3, 0.4) is 0 Å². The van der Waals surface area contributed by atoms with E-state index in [1.165, 1.54) is 6.20 Å². The molecule has 5 nitrogen and oxygen atoms in total. The minimum absolute atomic E-state index is 0.265. The van der Waals surface area contributed by atoms with Crippen LogP contribution in [0.5, 0.6) is 0 Å². The summed E-state index contributed by atoms with van der Waals surface area (Å²) in [5.74, 6) is 0.307.